The first-order valence-electron chi connectivity index (χ1n) is 3.28. The minimum absolute atomic E-state index is 0.225. The summed E-state index contributed by atoms with van der Waals surface area (Å²) in [5.41, 5.74) is 4.86. The molecule has 0 aliphatic carbocycles. The topological polar surface area (TPSA) is 75.3 Å². The Bertz CT molecular complexity index is 112. The molecule has 0 bridgehead atoms. The van der Waals surface area contributed by atoms with Crippen LogP contribution in [0.25, 0.3) is 0 Å². The van der Waals surface area contributed by atoms with Crippen molar-refractivity contribution >= 4 is 5.91 Å². The Morgan fingerprint density at radius 1 is 1.80 bits per heavy atom. The molecule has 2 atom stereocenters. The molecule has 0 spiro atoms. The van der Waals surface area contributed by atoms with Crippen LogP contribution in [0.1, 0.15) is 13.3 Å². The Labute approximate surface area is 60.4 Å². The van der Waals surface area contributed by atoms with Crippen LogP contribution in [0.5, 0.6) is 0 Å². The molecule has 4 nitrogen and oxygen atoms in total. The molecule has 4 N–H and O–H groups in total. The third kappa shape index (κ3) is 2.33. The number of primary amides is 1. The molecule has 2 unspecified atom stereocenters. The van der Waals surface area contributed by atoms with Crippen LogP contribution in [-0.4, -0.2) is 30.2 Å². The number of rotatable bonds is 4. The van der Waals surface area contributed by atoms with Gasteiger partial charge in [-0.25, -0.2) is 0 Å². The Hall–Kier alpha value is -0.610. The monoisotopic (exact) mass is 146 g/mol. The van der Waals surface area contributed by atoms with E-state index in [4.69, 9.17) is 10.8 Å². The van der Waals surface area contributed by atoms with Crippen molar-refractivity contribution in [3.05, 3.63) is 0 Å². The number of hydrogen-bond donors (Lipinski definition) is 3. The maximum atomic E-state index is 10.4. The van der Waals surface area contributed by atoms with Gasteiger partial charge in [-0.05, 0) is 13.5 Å². The number of nitrogens with two attached hydrogens (primary N) is 1. The molecule has 0 aromatic rings. The molecule has 0 rings (SSSR count). The van der Waals surface area contributed by atoms with Crippen molar-refractivity contribution in [2.45, 2.75) is 25.5 Å². The first-order valence-corrected chi connectivity index (χ1v) is 3.28. The largest absolute Gasteiger partial charge is 0.382 e. The maximum Gasteiger partial charge on any atom is 0.247 e. The van der Waals surface area contributed by atoms with Crippen molar-refractivity contribution in [1.82, 2.24) is 5.32 Å². The van der Waals surface area contributed by atoms with E-state index in [0.717, 1.165) is 0 Å². The van der Waals surface area contributed by atoms with Crippen molar-refractivity contribution in [1.29, 1.82) is 0 Å². The molecular weight excluding hydrogens is 132 g/mol. The molecule has 1 amide bonds. The van der Waals surface area contributed by atoms with Crippen LogP contribution < -0.4 is 11.1 Å². The summed E-state index contributed by atoms with van der Waals surface area (Å²) in [6, 6.07) is -0.225. The Kier molecular flexibility index (Phi) is 3.99. The van der Waals surface area contributed by atoms with E-state index in [0.29, 0.717) is 6.42 Å². The molecule has 4 heteroatoms. The second-order valence-electron chi connectivity index (χ2n) is 2.15. The summed E-state index contributed by atoms with van der Waals surface area (Å²) in [7, 11) is 1.68. The first-order chi connectivity index (χ1) is 4.63. The molecule has 0 saturated heterocycles. The van der Waals surface area contributed by atoms with Gasteiger partial charge in [0.15, 0.2) is 0 Å². The summed E-state index contributed by atoms with van der Waals surface area (Å²) in [6.07, 6.45) is -0.393. The van der Waals surface area contributed by atoms with E-state index in [1.807, 2.05) is 6.92 Å². The maximum absolute atomic E-state index is 10.4. The predicted octanol–water partition coefficient (Wildman–Crippen LogP) is -1.17. The lowest BCUT2D eigenvalue weighted by atomic mass is 10.1. The SMILES string of the molecule is CCC(NC)C(O)C(N)=O. The molecule has 0 heterocycles. The van der Waals surface area contributed by atoms with Gasteiger partial charge in [-0.1, -0.05) is 6.92 Å². The molecule has 0 aromatic carbocycles. The highest BCUT2D eigenvalue weighted by atomic mass is 16.3. The van der Waals surface area contributed by atoms with Crippen LogP contribution in [0.15, 0.2) is 0 Å². The average Bonchev–Trinajstić information content (AvgIpc) is 1.90. The van der Waals surface area contributed by atoms with E-state index >= 15 is 0 Å². The van der Waals surface area contributed by atoms with Gasteiger partial charge in [0.2, 0.25) is 5.91 Å². The number of hydrogen-bond acceptors (Lipinski definition) is 3. The normalized spacial score (nSPS) is 16.3. The zero-order chi connectivity index (χ0) is 8.15. The van der Waals surface area contributed by atoms with Gasteiger partial charge in [0.1, 0.15) is 6.10 Å². The third-order valence-corrected chi connectivity index (χ3v) is 1.48. The van der Waals surface area contributed by atoms with Crippen LogP contribution >= 0.6 is 0 Å². The van der Waals surface area contributed by atoms with Crippen LogP contribution in [0.2, 0.25) is 0 Å². The van der Waals surface area contributed by atoms with Crippen molar-refractivity contribution < 1.29 is 9.90 Å². The lowest BCUT2D eigenvalue weighted by molar-refractivity contribution is -0.127. The van der Waals surface area contributed by atoms with Gasteiger partial charge in [0.25, 0.3) is 0 Å². The molecule has 0 saturated carbocycles. The lowest BCUT2D eigenvalue weighted by Gasteiger charge is -2.17. The van der Waals surface area contributed by atoms with E-state index < -0.39 is 12.0 Å². The van der Waals surface area contributed by atoms with Gasteiger partial charge in [-0.15, -0.1) is 0 Å². The van der Waals surface area contributed by atoms with Crippen molar-refractivity contribution in [3.8, 4) is 0 Å². The van der Waals surface area contributed by atoms with E-state index in [9.17, 15) is 4.79 Å². The fourth-order valence-corrected chi connectivity index (χ4v) is 0.784. The molecule has 0 aromatic heterocycles. The minimum atomic E-state index is -1.07. The van der Waals surface area contributed by atoms with Crippen molar-refractivity contribution in [3.63, 3.8) is 0 Å². The molecule has 10 heavy (non-hydrogen) atoms. The fraction of sp³-hybridized carbons (Fsp3) is 0.833. The molecular formula is C6H14N2O2. The zero-order valence-electron chi connectivity index (χ0n) is 6.29. The highest BCUT2D eigenvalue weighted by molar-refractivity contribution is 5.79. The zero-order valence-corrected chi connectivity index (χ0v) is 6.29. The highest BCUT2D eigenvalue weighted by Gasteiger charge is 2.19. The highest BCUT2D eigenvalue weighted by Crippen LogP contribution is 1.96. The summed E-state index contributed by atoms with van der Waals surface area (Å²) in [5, 5.41) is 11.8. The number of carbonyl (C=O) groups excluding carboxylic acids is 1. The van der Waals surface area contributed by atoms with Gasteiger partial charge in [-0.2, -0.15) is 0 Å². The Morgan fingerprint density at radius 3 is 2.40 bits per heavy atom. The Balaban J connectivity index is 3.88. The van der Waals surface area contributed by atoms with Gasteiger partial charge in [0, 0.05) is 6.04 Å². The van der Waals surface area contributed by atoms with Crippen LogP contribution in [0.3, 0.4) is 0 Å². The molecule has 0 aliphatic rings. The first kappa shape index (κ1) is 9.39. The van der Waals surface area contributed by atoms with Crippen LogP contribution in [0, 0.1) is 0 Å². The van der Waals surface area contributed by atoms with Crippen LogP contribution in [0.4, 0.5) is 0 Å². The summed E-state index contributed by atoms with van der Waals surface area (Å²) in [4.78, 5) is 10.4. The summed E-state index contributed by atoms with van der Waals surface area (Å²) < 4.78 is 0. The van der Waals surface area contributed by atoms with E-state index in [1.54, 1.807) is 7.05 Å². The van der Waals surface area contributed by atoms with E-state index in [-0.39, 0.29) is 6.04 Å². The van der Waals surface area contributed by atoms with Gasteiger partial charge < -0.3 is 16.2 Å². The van der Waals surface area contributed by atoms with Gasteiger partial charge in [0.05, 0.1) is 0 Å². The van der Waals surface area contributed by atoms with E-state index in [2.05, 4.69) is 5.32 Å². The minimum Gasteiger partial charge on any atom is -0.382 e. The Morgan fingerprint density at radius 2 is 2.30 bits per heavy atom. The summed E-state index contributed by atoms with van der Waals surface area (Å²) >= 11 is 0. The second kappa shape index (κ2) is 4.24. The fourth-order valence-electron chi connectivity index (χ4n) is 0.784. The van der Waals surface area contributed by atoms with Crippen molar-refractivity contribution in [2.24, 2.45) is 5.73 Å². The number of amides is 1. The smallest absolute Gasteiger partial charge is 0.247 e. The predicted molar refractivity (Wildman–Crippen MR) is 38.3 cm³/mol. The van der Waals surface area contributed by atoms with Crippen LogP contribution in [-0.2, 0) is 4.79 Å². The third-order valence-electron chi connectivity index (χ3n) is 1.48. The van der Waals surface area contributed by atoms with Crippen molar-refractivity contribution in [2.75, 3.05) is 7.05 Å². The average molecular weight is 146 g/mol. The number of likely N-dealkylation sites (N-methyl/N-ethyl adjacent to an activating group) is 1. The number of nitrogens with one attached hydrogen (secondary N) is 1. The number of aliphatic hydroxyl groups excluding tert-OH is 1. The standard InChI is InChI=1S/C6H14N2O2/c1-3-4(8-2)5(9)6(7)10/h4-5,8-9H,3H2,1-2H3,(H2,7,10). The summed E-state index contributed by atoms with van der Waals surface area (Å²) in [6.45, 7) is 1.87. The summed E-state index contributed by atoms with van der Waals surface area (Å²) in [5.74, 6) is -0.679. The van der Waals surface area contributed by atoms with Gasteiger partial charge in [-0.3, -0.25) is 4.79 Å². The second-order valence-corrected chi connectivity index (χ2v) is 2.15. The van der Waals surface area contributed by atoms with Gasteiger partial charge >= 0.3 is 0 Å². The molecule has 0 aliphatic heterocycles. The molecule has 0 fully saturated rings. The van der Waals surface area contributed by atoms with E-state index in [1.165, 1.54) is 0 Å². The number of carbonyl (C=O) groups is 1. The number of aliphatic hydroxyl groups is 1. The quantitative estimate of drug-likeness (QED) is 0.468. The molecule has 0 radical (unpaired) electrons. The lowest BCUT2D eigenvalue weighted by Crippen LogP contribution is -2.45. The molecule has 60 valence electrons.